The van der Waals surface area contributed by atoms with Gasteiger partial charge in [-0.15, -0.1) is 0 Å². The second kappa shape index (κ2) is 16.1. The summed E-state index contributed by atoms with van der Waals surface area (Å²) in [5, 5.41) is 2.75. The van der Waals surface area contributed by atoms with E-state index in [1.165, 1.54) is 0 Å². The van der Waals surface area contributed by atoms with Crippen LogP contribution in [0.2, 0.25) is 10.0 Å². The van der Waals surface area contributed by atoms with Crippen molar-refractivity contribution < 1.29 is 66.3 Å². The molecule has 0 aliphatic carbocycles. The van der Waals surface area contributed by atoms with E-state index >= 15 is 0 Å². The van der Waals surface area contributed by atoms with Crippen LogP contribution < -0.4 is 34.3 Å². The van der Waals surface area contributed by atoms with Crippen molar-refractivity contribution in [2.75, 3.05) is 46.2 Å². The molecule has 0 aromatic heterocycles. The molecule has 1 aromatic rings. The van der Waals surface area contributed by atoms with E-state index in [0.29, 0.717) is 19.8 Å². The van der Waals surface area contributed by atoms with Crippen LogP contribution in [-0.4, -0.2) is 65.1 Å². The number of rotatable bonds is 14. The molecule has 0 spiro atoms. The van der Waals surface area contributed by atoms with Crippen molar-refractivity contribution in [2.45, 2.75) is 11.3 Å². The fraction of sp³-hybridized carbons (Fsp3) is 0.533. The van der Waals surface area contributed by atoms with E-state index in [1.54, 1.807) is 0 Å². The Morgan fingerprint density at radius 3 is 2.03 bits per heavy atom. The van der Waals surface area contributed by atoms with Gasteiger partial charge in [-0.25, -0.2) is 8.42 Å². The Bertz CT molecular complexity index is 814. The Kier molecular flexibility index (Phi) is 15.7. The van der Waals surface area contributed by atoms with E-state index in [4.69, 9.17) is 47.7 Å². The SMILES string of the molecule is [N-]=[N+]=NCCOCCOCCOCCC(=O)Oc1c(Cl)cc(S(=O)(=O)[O-])cc1Cl.[Na+]. The van der Waals surface area contributed by atoms with Crippen molar-refractivity contribution in [3.63, 3.8) is 0 Å². The molecule has 0 fully saturated rings. The second-order valence-electron chi connectivity index (χ2n) is 5.19. The van der Waals surface area contributed by atoms with Crippen molar-refractivity contribution >= 4 is 39.3 Å². The number of benzene rings is 1. The maximum absolute atomic E-state index is 11.8. The predicted molar refractivity (Wildman–Crippen MR) is 101 cm³/mol. The van der Waals surface area contributed by atoms with E-state index < -0.39 is 21.0 Å². The molecule has 1 aromatic carbocycles. The van der Waals surface area contributed by atoms with E-state index in [1.807, 2.05) is 0 Å². The third-order valence-corrected chi connectivity index (χ3v) is 4.44. The fourth-order valence-electron chi connectivity index (χ4n) is 1.79. The van der Waals surface area contributed by atoms with Gasteiger partial charge in [0.15, 0.2) is 5.75 Å². The Morgan fingerprint density at radius 2 is 1.53 bits per heavy atom. The van der Waals surface area contributed by atoms with Crippen molar-refractivity contribution in [3.05, 3.63) is 32.6 Å². The van der Waals surface area contributed by atoms with Crippen LogP contribution in [0, 0.1) is 0 Å². The van der Waals surface area contributed by atoms with Crippen LogP contribution in [0.25, 0.3) is 10.4 Å². The number of carbonyl (C=O) groups excluding carboxylic acids is 1. The summed E-state index contributed by atoms with van der Waals surface area (Å²) >= 11 is 11.6. The summed E-state index contributed by atoms with van der Waals surface area (Å²) in [6, 6.07) is 1.71. The Hall–Kier alpha value is -0.630. The molecule has 0 N–H and O–H groups in total. The molecular weight excluding hydrogens is 476 g/mol. The second-order valence-corrected chi connectivity index (χ2v) is 7.38. The summed E-state index contributed by atoms with van der Waals surface area (Å²) in [5.41, 5.74) is 8.07. The number of halogens is 2. The number of ether oxygens (including phenoxy) is 4. The first-order valence-electron chi connectivity index (χ1n) is 8.15. The molecule has 0 bridgehead atoms. The third-order valence-electron chi connectivity index (χ3n) is 3.07. The van der Waals surface area contributed by atoms with Crippen molar-refractivity contribution in [3.8, 4) is 5.75 Å². The van der Waals surface area contributed by atoms with Crippen molar-refractivity contribution in [1.82, 2.24) is 0 Å². The largest absolute Gasteiger partial charge is 1.00 e. The molecular formula is C15H18Cl2N3NaO8S. The zero-order valence-electron chi connectivity index (χ0n) is 16.1. The molecule has 0 aliphatic rings. The molecule has 0 unspecified atom stereocenters. The van der Waals surface area contributed by atoms with Crippen LogP contribution in [0.4, 0.5) is 0 Å². The van der Waals surface area contributed by atoms with Crippen LogP contribution in [0.3, 0.4) is 0 Å². The van der Waals surface area contributed by atoms with Gasteiger partial charge in [-0.05, 0) is 17.7 Å². The summed E-state index contributed by atoms with van der Waals surface area (Å²) in [7, 11) is -4.74. The number of carbonyl (C=O) groups is 1. The van der Waals surface area contributed by atoms with E-state index in [2.05, 4.69) is 10.0 Å². The molecule has 0 aliphatic heterocycles. The first kappa shape index (κ1) is 29.4. The average molecular weight is 494 g/mol. The van der Waals surface area contributed by atoms with Crippen molar-refractivity contribution in [2.24, 2.45) is 5.11 Å². The van der Waals surface area contributed by atoms with Gasteiger partial charge in [0.2, 0.25) is 0 Å². The predicted octanol–water partition coefficient (Wildman–Crippen LogP) is -0.443. The van der Waals surface area contributed by atoms with E-state index in [-0.39, 0.29) is 78.1 Å². The van der Waals surface area contributed by atoms with Gasteiger partial charge in [-0.2, -0.15) is 0 Å². The molecule has 162 valence electrons. The number of nitrogens with zero attached hydrogens (tertiary/aromatic N) is 3. The normalized spacial score (nSPS) is 10.8. The monoisotopic (exact) mass is 493 g/mol. The number of hydrogen-bond acceptors (Lipinski definition) is 9. The first-order valence-corrected chi connectivity index (χ1v) is 10.3. The topological polar surface area (TPSA) is 160 Å². The number of azide groups is 1. The van der Waals surface area contributed by atoms with Gasteiger partial charge in [0.1, 0.15) is 10.1 Å². The summed E-state index contributed by atoms with van der Waals surface area (Å²) in [6.07, 6.45) is -0.114. The quantitative estimate of drug-likeness (QED) is 0.0492. The summed E-state index contributed by atoms with van der Waals surface area (Å²) in [6.45, 7) is 1.84. The zero-order chi connectivity index (χ0) is 21.7. The van der Waals surface area contributed by atoms with Crippen LogP contribution in [0.5, 0.6) is 5.75 Å². The minimum atomic E-state index is -4.74. The minimum Gasteiger partial charge on any atom is -0.744 e. The number of esters is 1. The zero-order valence-corrected chi connectivity index (χ0v) is 20.4. The molecule has 15 heteroatoms. The van der Waals surface area contributed by atoms with Gasteiger partial charge in [0.05, 0.1) is 61.0 Å². The van der Waals surface area contributed by atoms with Crippen LogP contribution >= 0.6 is 23.2 Å². The standard InChI is InChI=1S/C15H19Cl2N3O8S.Na/c16-12-9-11(29(22,23)24)10-13(17)15(12)28-14(21)1-3-25-5-7-27-8-6-26-4-2-19-20-18;/h9-10H,1-8H2,(H,22,23,24);/q;+1/p-1. The molecule has 1 rings (SSSR count). The molecule has 0 amide bonds. The molecule has 0 atom stereocenters. The Balaban J connectivity index is 0.00000841. The molecule has 30 heavy (non-hydrogen) atoms. The number of hydrogen-bond donors (Lipinski definition) is 0. The Morgan fingerprint density at radius 1 is 1.03 bits per heavy atom. The Labute approximate surface area is 205 Å². The van der Waals surface area contributed by atoms with Crippen LogP contribution in [0.15, 0.2) is 22.1 Å². The van der Waals surface area contributed by atoms with Gasteiger partial charge in [0.25, 0.3) is 0 Å². The summed E-state index contributed by atoms with van der Waals surface area (Å²) < 4.78 is 53.5. The molecule has 0 radical (unpaired) electrons. The van der Waals surface area contributed by atoms with Crippen LogP contribution in [0.1, 0.15) is 6.42 Å². The molecule has 11 nitrogen and oxygen atoms in total. The van der Waals surface area contributed by atoms with Gasteiger partial charge >= 0.3 is 35.5 Å². The van der Waals surface area contributed by atoms with Gasteiger partial charge in [-0.3, -0.25) is 4.79 Å². The van der Waals surface area contributed by atoms with Gasteiger partial charge in [0, 0.05) is 11.5 Å². The molecule has 0 saturated heterocycles. The first-order chi connectivity index (χ1) is 13.8. The van der Waals surface area contributed by atoms with E-state index in [0.717, 1.165) is 12.1 Å². The fourth-order valence-corrected chi connectivity index (χ4v) is 3.01. The van der Waals surface area contributed by atoms with E-state index in [9.17, 15) is 17.8 Å². The van der Waals surface area contributed by atoms with Crippen LogP contribution in [-0.2, 0) is 29.1 Å². The summed E-state index contributed by atoms with van der Waals surface area (Å²) in [5.74, 6) is -0.949. The van der Waals surface area contributed by atoms with Gasteiger partial charge < -0.3 is 23.5 Å². The van der Waals surface area contributed by atoms with Gasteiger partial charge in [-0.1, -0.05) is 28.3 Å². The molecule has 0 heterocycles. The molecule has 0 saturated carbocycles. The minimum absolute atomic E-state index is 0. The third kappa shape index (κ3) is 12.3. The maximum Gasteiger partial charge on any atom is 1.00 e. The summed E-state index contributed by atoms with van der Waals surface area (Å²) in [4.78, 5) is 13.8. The van der Waals surface area contributed by atoms with Crippen molar-refractivity contribution in [1.29, 1.82) is 0 Å². The average Bonchev–Trinajstić information content (AvgIpc) is 2.64. The maximum atomic E-state index is 11.8. The smallest absolute Gasteiger partial charge is 0.744 e.